The van der Waals surface area contributed by atoms with E-state index in [1.54, 1.807) is 0 Å². The smallest absolute Gasteiger partial charge is 0.263 e. The lowest BCUT2D eigenvalue weighted by atomic mass is 10.0. The van der Waals surface area contributed by atoms with Gasteiger partial charge < -0.3 is 10.2 Å². The van der Waals surface area contributed by atoms with Gasteiger partial charge in [0.2, 0.25) is 0 Å². The van der Waals surface area contributed by atoms with Gasteiger partial charge in [0.1, 0.15) is 0 Å². The van der Waals surface area contributed by atoms with Crippen molar-refractivity contribution in [1.29, 1.82) is 0 Å². The number of carbonyl (C=O) groups excluding carboxylic acids is 2. The second-order valence-corrected chi connectivity index (χ2v) is 7.97. The molecule has 1 aromatic heterocycles. The van der Waals surface area contributed by atoms with Crippen molar-refractivity contribution in [2.45, 2.75) is 18.9 Å². The van der Waals surface area contributed by atoms with Gasteiger partial charge in [0, 0.05) is 24.7 Å². The lowest BCUT2D eigenvalue weighted by Crippen LogP contribution is -2.46. The number of likely N-dealkylation sites (tertiary alicyclic amines) is 1. The number of piperidine rings is 1. The molecule has 0 aliphatic carbocycles. The average Bonchev–Trinajstić information content (AvgIpc) is 3.02. The minimum absolute atomic E-state index is 0.0439. The summed E-state index contributed by atoms with van der Waals surface area (Å²) in [5, 5.41) is 3.06. The topological polar surface area (TPSA) is 49.4 Å². The van der Waals surface area contributed by atoms with Gasteiger partial charge in [0.15, 0.2) is 0 Å². The molecule has 0 bridgehead atoms. The first-order chi connectivity index (χ1) is 11.1. The van der Waals surface area contributed by atoms with Gasteiger partial charge in [-0.25, -0.2) is 0 Å². The van der Waals surface area contributed by atoms with Crippen molar-refractivity contribution in [3.05, 3.63) is 56.7 Å². The first-order valence-electron chi connectivity index (χ1n) is 7.54. The van der Waals surface area contributed by atoms with E-state index in [1.165, 1.54) is 11.3 Å². The molecule has 2 amide bonds. The van der Waals surface area contributed by atoms with Gasteiger partial charge in [-0.2, -0.15) is 0 Å². The summed E-state index contributed by atoms with van der Waals surface area (Å²) < 4.78 is 0.964. The Morgan fingerprint density at radius 2 is 1.78 bits per heavy atom. The van der Waals surface area contributed by atoms with Crippen LogP contribution in [0.1, 0.15) is 32.9 Å². The summed E-state index contributed by atoms with van der Waals surface area (Å²) in [5.41, 5.74) is 0.675. The van der Waals surface area contributed by atoms with Gasteiger partial charge in [0.25, 0.3) is 11.8 Å². The number of rotatable bonds is 3. The highest BCUT2D eigenvalue weighted by Crippen LogP contribution is 2.24. The third kappa shape index (κ3) is 4.00. The molecule has 1 aliphatic heterocycles. The van der Waals surface area contributed by atoms with Crippen LogP contribution in [0.15, 0.2) is 46.3 Å². The largest absolute Gasteiger partial charge is 0.349 e. The first kappa shape index (κ1) is 16.2. The number of nitrogens with one attached hydrogen (secondary N) is 1. The van der Waals surface area contributed by atoms with Crippen molar-refractivity contribution in [3.63, 3.8) is 0 Å². The molecule has 120 valence electrons. The standard InChI is InChI=1S/C17H17BrN2O2S/c18-15-7-6-14(23-15)17(22)20-10-8-13(9-11-20)19-16(21)12-4-2-1-3-5-12/h1-7,13H,8-11H2,(H,19,21). The predicted molar refractivity (Wildman–Crippen MR) is 94.9 cm³/mol. The van der Waals surface area contributed by atoms with Crippen LogP contribution in [-0.2, 0) is 0 Å². The third-order valence-electron chi connectivity index (χ3n) is 3.94. The second-order valence-electron chi connectivity index (χ2n) is 5.51. The number of amides is 2. The normalized spacial score (nSPS) is 15.4. The highest BCUT2D eigenvalue weighted by atomic mass is 79.9. The highest BCUT2D eigenvalue weighted by molar-refractivity contribution is 9.11. The van der Waals surface area contributed by atoms with Gasteiger partial charge in [-0.05, 0) is 53.0 Å². The van der Waals surface area contributed by atoms with Crippen molar-refractivity contribution < 1.29 is 9.59 Å². The molecule has 0 spiro atoms. The Kier molecular flexibility index (Phi) is 5.13. The maximum absolute atomic E-state index is 12.4. The molecule has 1 saturated heterocycles. The summed E-state index contributed by atoms with van der Waals surface area (Å²) in [6.45, 7) is 1.35. The van der Waals surface area contributed by atoms with Crippen LogP contribution in [0.3, 0.4) is 0 Å². The molecule has 23 heavy (non-hydrogen) atoms. The van der Waals surface area contributed by atoms with Gasteiger partial charge in [-0.15, -0.1) is 11.3 Å². The van der Waals surface area contributed by atoms with E-state index in [0.717, 1.165) is 21.5 Å². The summed E-state index contributed by atoms with van der Waals surface area (Å²) >= 11 is 4.84. The monoisotopic (exact) mass is 392 g/mol. The number of hydrogen-bond donors (Lipinski definition) is 1. The van der Waals surface area contributed by atoms with E-state index >= 15 is 0 Å². The number of nitrogens with zero attached hydrogens (tertiary/aromatic N) is 1. The molecule has 1 aromatic carbocycles. The third-order valence-corrected chi connectivity index (χ3v) is 5.55. The number of halogens is 1. The Morgan fingerprint density at radius 1 is 1.09 bits per heavy atom. The maximum Gasteiger partial charge on any atom is 0.263 e. The number of thiophene rings is 1. The van der Waals surface area contributed by atoms with Crippen LogP contribution in [0, 0.1) is 0 Å². The number of carbonyl (C=O) groups is 2. The lowest BCUT2D eigenvalue weighted by molar-refractivity contribution is 0.0703. The van der Waals surface area contributed by atoms with E-state index in [-0.39, 0.29) is 17.9 Å². The minimum Gasteiger partial charge on any atom is -0.349 e. The SMILES string of the molecule is O=C(NC1CCN(C(=O)c2ccc(Br)s2)CC1)c1ccccc1. The molecule has 1 fully saturated rings. The fourth-order valence-electron chi connectivity index (χ4n) is 2.67. The summed E-state index contributed by atoms with van der Waals surface area (Å²) in [4.78, 5) is 27.2. The molecule has 2 aromatic rings. The van der Waals surface area contributed by atoms with Crippen LogP contribution in [0.25, 0.3) is 0 Å². The van der Waals surface area contributed by atoms with Gasteiger partial charge in [-0.3, -0.25) is 9.59 Å². The van der Waals surface area contributed by atoms with Gasteiger partial charge >= 0.3 is 0 Å². The Morgan fingerprint density at radius 3 is 2.39 bits per heavy atom. The molecule has 6 heteroatoms. The molecule has 1 aliphatic rings. The van der Waals surface area contributed by atoms with Crippen molar-refractivity contribution >= 4 is 39.1 Å². The Bertz CT molecular complexity index is 694. The molecule has 0 atom stereocenters. The van der Waals surface area contributed by atoms with Crippen molar-refractivity contribution in [3.8, 4) is 0 Å². The second kappa shape index (κ2) is 7.27. The van der Waals surface area contributed by atoms with E-state index < -0.39 is 0 Å². The Balaban J connectivity index is 1.52. The highest BCUT2D eigenvalue weighted by Gasteiger charge is 2.25. The molecule has 1 N–H and O–H groups in total. The zero-order valence-electron chi connectivity index (χ0n) is 12.5. The van der Waals surface area contributed by atoms with Crippen LogP contribution in [0.2, 0.25) is 0 Å². The van der Waals surface area contributed by atoms with Crippen molar-refractivity contribution in [2.24, 2.45) is 0 Å². The summed E-state index contributed by atoms with van der Waals surface area (Å²) in [6, 6.07) is 13.1. The molecule has 0 radical (unpaired) electrons. The van der Waals surface area contributed by atoms with Crippen LogP contribution in [0.4, 0.5) is 0 Å². The molecule has 2 heterocycles. The van der Waals surface area contributed by atoms with Crippen LogP contribution >= 0.6 is 27.3 Å². The zero-order chi connectivity index (χ0) is 16.2. The fraction of sp³-hybridized carbons (Fsp3) is 0.294. The van der Waals surface area contributed by atoms with Crippen molar-refractivity contribution in [2.75, 3.05) is 13.1 Å². The molecule has 3 rings (SSSR count). The van der Waals surface area contributed by atoms with E-state index in [4.69, 9.17) is 0 Å². The zero-order valence-corrected chi connectivity index (χ0v) is 14.9. The minimum atomic E-state index is -0.0439. The van der Waals surface area contributed by atoms with E-state index in [9.17, 15) is 9.59 Å². The molecule has 0 saturated carbocycles. The summed E-state index contributed by atoms with van der Waals surface area (Å²) in [5.74, 6) is 0.0334. The van der Waals surface area contributed by atoms with E-state index in [1.807, 2.05) is 47.4 Å². The Labute approximate surface area is 147 Å². The molecule has 0 unspecified atom stereocenters. The van der Waals surface area contributed by atoms with Gasteiger partial charge in [-0.1, -0.05) is 18.2 Å². The quantitative estimate of drug-likeness (QED) is 0.867. The van der Waals surface area contributed by atoms with Crippen molar-refractivity contribution in [1.82, 2.24) is 10.2 Å². The average molecular weight is 393 g/mol. The summed E-state index contributed by atoms with van der Waals surface area (Å²) in [7, 11) is 0. The summed E-state index contributed by atoms with van der Waals surface area (Å²) in [6.07, 6.45) is 1.58. The number of hydrogen-bond acceptors (Lipinski definition) is 3. The molecule has 4 nitrogen and oxygen atoms in total. The first-order valence-corrected chi connectivity index (χ1v) is 9.15. The van der Waals surface area contributed by atoms with E-state index in [0.29, 0.717) is 18.7 Å². The maximum atomic E-state index is 12.4. The fourth-order valence-corrected chi connectivity index (χ4v) is 4.02. The predicted octanol–water partition coefficient (Wildman–Crippen LogP) is 3.55. The van der Waals surface area contributed by atoms with Gasteiger partial charge in [0.05, 0.1) is 8.66 Å². The lowest BCUT2D eigenvalue weighted by Gasteiger charge is -2.32. The number of benzene rings is 1. The Hall–Kier alpha value is -1.66. The van der Waals surface area contributed by atoms with Crippen LogP contribution < -0.4 is 5.32 Å². The molecular weight excluding hydrogens is 376 g/mol. The van der Waals surface area contributed by atoms with Crippen LogP contribution in [-0.4, -0.2) is 35.8 Å². The van der Waals surface area contributed by atoms with E-state index in [2.05, 4.69) is 21.2 Å². The van der Waals surface area contributed by atoms with Crippen LogP contribution in [0.5, 0.6) is 0 Å². The molecular formula is C17H17BrN2O2S.